The van der Waals surface area contributed by atoms with Crippen LogP contribution >= 0.6 is 0 Å². The van der Waals surface area contributed by atoms with Gasteiger partial charge in [0, 0.05) is 24.1 Å². The third-order valence-electron chi connectivity index (χ3n) is 7.29. The zero-order valence-electron chi connectivity index (χ0n) is 22.9. The summed E-state index contributed by atoms with van der Waals surface area (Å²) in [4.78, 5) is 17.0. The SMILES string of the molecule is CCCCc1nc2cc(C=O)c(/C=C/c3ccccc3)cc2n1Cc1ccc(-c2ccccc2-c2nn[nH]n2)cc1. The van der Waals surface area contributed by atoms with Gasteiger partial charge >= 0.3 is 0 Å². The molecule has 6 rings (SSSR count). The molecular formula is C34H30N6O. The number of H-pyrrole nitrogens is 1. The quantitative estimate of drug-likeness (QED) is 0.146. The summed E-state index contributed by atoms with van der Waals surface area (Å²) < 4.78 is 2.29. The average Bonchev–Trinajstić information content (AvgIpc) is 3.68. The van der Waals surface area contributed by atoms with Crippen LogP contribution in [0, 0.1) is 0 Å². The Morgan fingerprint density at radius 2 is 1.63 bits per heavy atom. The minimum atomic E-state index is 0.571. The van der Waals surface area contributed by atoms with Crippen LogP contribution in [-0.4, -0.2) is 36.5 Å². The van der Waals surface area contributed by atoms with Crippen LogP contribution in [0.5, 0.6) is 0 Å². The van der Waals surface area contributed by atoms with Gasteiger partial charge in [-0.3, -0.25) is 4.79 Å². The maximum absolute atomic E-state index is 12.0. The van der Waals surface area contributed by atoms with Gasteiger partial charge in [-0.25, -0.2) is 4.98 Å². The van der Waals surface area contributed by atoms with Crippen molar-refractivity contribution in [1.82, 2.24) is 30.2 Å². The van der Waals surface area contributed by atoms with Gasteiger partial charge in [0.2, 0.25) is 5.82 Å². The molecule has 2 heterocycles. The first-order valence-corrected chi connectivity index (χ1v) is 13.9. The Morgan fingerprint density at radius 1 is 0.854 bits per heavy atom. The molecule has 4 aromatic carbocycles. The van der Waals surface area contributed by atoms with Gasteiger partial charge in [-0.1, -0.05) is 104 Å². The molecule has 202 valence electrons. The van der Waals surface area contributed by atoms with Gasteiger partial charge in [-0.05, 0) is 51.6 Å². The molecule has 0 aliphatic carbocycles. The second-order valence-electron chi connectivity index (χ2n) is 10.0. The van der Waals surface area contributed by atoms with Crippen molar-refractivity contribution in [3.8, 4) is 22.5 Å². The van der Waals surface area contributed by atoms with E-state index < -0.39 is 0 Å². The number of nitrogens with one attached hydrogen (secondary N) is 1. The number of imidazole rings is 1. The van der Waals surface area contributed by atoms with E-state index in [1.165, 1.54) is 5.56 Å². The molecule has 0 unspecified atom stereocenters. The van der Waals surface area contributed by atoms with Crippen molar-refractivity contribution < 1.29 is 4.79 Å². The Kier molecular flexibility index (Phi) is 7.58. The second-order valence-corrected chi connectivity index (χ2v) is 10.0. The molecule has 0 spiro atoms. The van der Waals surface area contributed by atoms with E-state index in [0.717, 1.165) is 70.2 Å². The van der Waals surface area contributed by atoms with E-state index >= 15 is 0 Å². The summed E-state index contributed by atoms with van der Waals surface area (Å²) in [6, 6.07) is 30.8. The molecule has 7 heteroatoms. The molecule has 0 saturated heterocycles. The molecule has 7 nitrogen and oxygen atoms in total. The van der Waals surface area contributed by atoms with E-state index in [0.29, 0.717) is 17.9 Å². The van der Waals surface area contributed by atoms with Crippen LogP contribution in [0.4, 0.5) is 0 Å². The van der Waals surface area contributed by atoms with E-state index in [2.05, 4.69) is 68.5 Å². The number of nitrogens with zero attached hydrogens (tertiary/aromatic N) is 5. The fourth-order valence-corrected chi connectivity index (χ4v) is 5.13. The Labute approximate surface area is 238 Å². The number of fused-ring (bicyclic) bond motifs is 1. The van der Waals surface area contributed by atoms with E-state index in [9.17, 15) is 4.79 Å². The highest BCUT2D eigenvalue weighted by atomic mass is 16.1. The first kappa shape index (κ1) is 26.1. The summed E-state index contributed by atoms with van der Waals surface area (Å²) in [7, 11) is 0. The Hall–Kier alpha value is -5.17. The third kappa shape index (κ3) is 5.61. The van der Waals surface area contributed by atoms with Crippen LogP contribution in [0.2, 0.25) is 0 Å². The number of unbranched alkanes of at least 4 members (excludes halogenated alkanes) is 1. The molecular weight excluding hydrogens is 508 g/mol. The number of hydrogen-bond acceptors (Lipinski definition) is 5. The maximum atomic E-state index is 12.0. The van der Waals surface area contributed by atoms with Crippen molar-refractivity contribution >= 4 is 29.5 Å². The van der Waals surface area contributed by atoms with Crippen LogP contribution in [0.25, 0.3) is 45.7 Å². The van der Waals surface area contributed by atoms with Crippen LogP contribution < -0.4 is 0 Å². The van der Waals surface area contributed by atoms with Gasteiger partial charge in [0.15, 0.2) is 6.29 Å². The molecule has 0 amide bonds. The predicted octanol–water partition coefficient (Wildman–Crippen LogP) is 7.26. The van der Waals surface area contributed by atoms with E-state index in [1.807, 2.05) is 66.7 Å². The summed E-state index contributed by atoms with van der Waals surface area (Å²) in [6.45, 7) is 2.87. The highest BCUT2D eigenvalue weighted by molar-refractivity contribution is 5.92. The molecule has 0 radical (unpaired) electrons. The average molecular weight is 539 g/mol. The first-order chi connectivity index (χ1) is 20.2. The lowest BCUT2D eigenvalue weighted by Crippen LogP contribution is -2.05. The number of aromatic nitrogens is 6. The standard InChI is InChI=1S/C34H30N6O/c1-2-3-13-33-35-31-20-28(23-41)27(19-14-24-9-5-4-6-10-24)21-32(31)40(33)22-25-15-17-26(18-16-25)29-11-7-8-12-30(29)34-36-38-39-37-34/h4-12,14-21,23H,2-3,13,22H2,1H3,(H,36,37,38,39)/b19-14+. The van der Waals surface area contributed by atoms with Gasteiger partial charge < -0.3 is 4.57 Å². The molecule has 0 aliphatic heterocycles. The Balaban J connectivity index is 1.36. The Bertz CT molecular complexity index is 1800. The fourth-order valence-electron chi connectivity index (χ4n) is 5.13. The number of tetrazole rings is 1. The summed E-state index contributed by atoms with van der Waals surface area (Å²) in [5, 5.41) is 14.6. The number of hydrogen-bond donors (Lipinski definition) is 1. The summed E-state index contributed by atoms with van der Waals surface area (Å²) in [5.41, 5.74) is 8.72. The van der Waals surface area contributed by atoms with Crippen molar-refractivity contribution in [1.29, 1.82) is 0 Å². The Morgan fingerprint density at radius 3 is 2.37 bits per heavy atom. The number of aromatic amines is 1. The minimum absolute atomic E-state index is 0.571. The molecule has 0 atom stereocenters. The van der Waals surface area contributed by atoms with Gasteiger partial charge in [0.25, 0.3) is 0 Å². The van der Waals surface area contributed by atoms with Crippen molar-refractivity contribution in [2.75, 3.05) is 0 Å². The lowest BCUT2D eigenvalue weighted by Gasteiger charge is -2.12. The largest absolute Gasteiger partial charge is 0.323 e. The van der Waals surface area contributed by atoms with Crippen molar-refractivity contribution in [3.05, 3.63) is 119 Å². The molecule has 0 fully saturated rings. The molecule has 0 aliphatic rings. The van der Waals surface area contributed by atoms with Crippen LogP contribution in [0.1, 0.15) is 52.6 Å². The van der Waals surface area contributed by atoms with Gasteiger partial charge in [-0.2, -0.15) is 5.21 Å². The lowest BCUT2D eigenvalue weighted by atomic mass is 9.98. The van der Waals surface area contributed by atoms with Gasteiger partial charge in [0.05, 0.1) is 11.0 Å². The van der Waals surface area contributed by atoms with Crippen LogP contribution in [0.3, 0.4) is 0 Å². The first-order valence-electron chi connectivity index (χ1n) is 13.9. The predicted molar refractivity (Wildman–Crippen MR) is 163 cm³/mol. The topological polar surface area (TPSA) is 89.4 Å². The van der Waals surface area contributed by atoms with E-state index in [4.69, 9.17) is 4.98 Å². The molecule has 41 heavy (non-hydrogen) atoms. The van der Waals surface area contributed by atoms with Gasteiger partial charge in [-0.15, -0.1) is 10.2 Å². The monoisotopic (exact) mass is 538 g/mol. The zero-order chi connectivity index (χ0) is 28.0. The van der Waals surface area contributed by atoms with Gasteiger partial charge in [0.1, 0.15) is 5.82 Å². The molecule has 1 N–H and O–H groups in total. The van der Waals surface area contributed by atoms with Crippen molar-refractivity contribution in [2.24, 2.45) is 0 Å². The summed E-state index contributed by atoms with van der Waals surface area (Å²) >= 11 is 0. The van der Waals surface area contributed by atoms with E-state index in [-0.39, 0.29) is 0 Å². The van der Waals surface area contributed by atoms with E-state index in [1.54, 1.807) is 0 Å². The molecule has 0 saturated carbocycles. The number of aldehydes is 1. The molecule has 2 aromatic heterocycles. The van der Waals surface area contributed by atoms with Crippen LogP contribution in [0.15, 0.2) is 91.0 Å². The number of carbonyl (C=O) groups is 1. The summed E-state index contributed by atoms with van der Waals surface area (Å²) in [6.07, 6.45) is 7.99. The third-order valence-corrected chi connectivity index (χ3v) is 7.29. The highest BCUT2D eigenvalue weighted by Gasteiger charge is 2.15. The number of aryl methyl sites for hydroxylation is 1. The highest BCUT2D eigenvalue weighted by Crippen LogP contribution is 2.30. The second kappa shape index (κ2) is 11.9. The molecule has 6 aromatic rings. The van der Waals surface area contributed by atoms with Crippen molar-refractivity contribution in [3.63, 3.8) is 0 Å². The lowest BCUT2D eigenvalue weighted by molar-refractivity contribution is 0.112. The fraction of sp³-hybridized carbons (Fsp3) is 0.147. The minimum Gasteiger partial charge on any atom is -0.323 e. The maximum Gasteiger partial charge on any atom is 0.205 e. The number of benzene rings is 4. The number of rotatable bonds is 10. The number of carbonyl (C=O) groups excluding carboxylic acids is 1. The van der Waals surface area contributed by atoms with Crippen molar-refractivity contribution in [2.45, 2.75) is 32.7 Å². The smallest absolute Gasteiger partial charge is 0.205 e. The zero-order valence-corrected chi connectivity index (χ0v) is 22.9. The molecule has 0 bridgehead atoms. The normalized spacial score (nSPS) is 11.4. The van der Waals surface area contributed by atoms with Crippen LogP contribution in [-0.2, 0) is 13.0 Å². The summed E-state index contributed by atoms with van der Waals surface area (Å²) in [5.74, 6) is 1.61.